The van der Waals surface area contributed by atoms with Crippen molar-refractivity contribution in [1.29, 1.82) is 0 Å². The minimum absolute atomic E-state index is 0.179. The molecule has 2 atom stereocenters. The molecular formula is C18H17IN4OS. The van der Waals surface area contributed by atoms with Crippen LogP contribution >= 0.6 is 34.8 Å². The fourth-order valence-corrected chi connectivity index (χ4v) is 4.83. The van der Waals surface area contributed by atoms with E-state index < -0.39 is 0 Å². The van der Waals surface area contributed by atoms with E-state index >= 15 is 0 Å². The van der Waals surface area contributed by atoms with Gasteiger partial charge in [0.1, 0.15) is 5.82 Å². The summed E-state index contributed by atoms with van der Waals surface area (Å²) in [5.74, 6) is 0.670. The Kier molecular flexibility index (Phi) is 4.60. The minimum Gasteiger partial charge on any atom is -0.332 e. The summed E-state index contributed by atoms with van der Waals surface area (Å²) >= 11 is 7.88. The van der Waals surface area contributed by atoms with Gasteiger partial charge in [-0.2, -0.15) is 0 Å². The van der Waals surface area contributed by atoms with Crippen molar-refractivity contribution in [3.63, 3.8) is 0 Å². The average Bonchev–Trinajstić information content (AvgIpc) is 2.91. The van der Waals surface area contributed by atoms with E-state index in [0.29, 0.717) is 14.9 Å². The Balaban J connectivity index is 1.60. The summed E-state index contributed by atoms with van der Waals surface area (Å²) in [5, 5.41) is 6.82. The van der Waals surface area contributed by atoms with E-state index in [1.807, 2.05) is 41.3 Å². The Morgan fingerprint density at radius 2 is 2.24 bits per heavy atom. The maximum atomic E-state index is 12.8. The van der Waals surface area contributed by atoms with Gasteiger partial charge in [-0.3, -0.25) is 4.79 Å². The lowest BCUT2D eigenvalue weighted by molar-refractivity contribution is -0.129. The predicted molar refractivity (Wildman–Crippen MR) is 110 cm³/mol. The Bertz CT molecular complexity index is 818. The third-order valence-electron chi connectivity index (χ3n) is 4.56. The molecule has 128 valence electrons. The van der Waals surface area contributed by atoms with Crippen molar-refractivity contribution in [3.05, 3.63) is 59.6 Å². The number of nitrogens with one attached hydrogen (secondary N) is 2. The van der Waals surface area contributed by atoms with Crippen LogP contribution in [-0.2, 0) is 4.79 Å². The number of carbonyl (C=O) groups is 1. The van der Waals surface area contributed by atoms with E-state index in [0.717, 1.165) is 36.4 Å². The summed E-state index contributed by atoms with van der Waals surface area (Å²) in [7, 11) is 0. The van der Waals surface area contributed by atoms with Gasteiger partial charge >= 0.3 is 0 Å². The summed E-state index contributed by atoms with van der Waals surface area (Å²) in [6, 6.07) is 5.61. The van der Waals surface area contributed by atoms with Crippen molar-refractivity contribution in [2.24, 2.45) is 5.92 Å². The molecule has 1 aromatic heterocycles. The number of hydrogen-bond donors (Lipinski definition) is 2. The van der Waals surface area contributed by atoms with Crippen LogP contribution in [0.3, 0.4) is 0 Å². The van der Waals surface area contributed by atoms with Gasteiger partial charge in [-0.15, -0.1) is 0 Å². The van der Waals surface area contributed by atoms with E-state index in [4.69, 9.17) is 12.2 Å². The third kappa shape index (κ3) is 3.10. The third-order valence-corrected chi connectivity index (χ3v) is 5.97. The summed E-state index contributed by atoms with van der Waals surface area (Å²) < 4.78 is 0.351. The number of hydrogen-bond acceptors (Lipinski definition) is 3. The number of amides is 1. The van der Waals surface area contributed by atoms with Gasteiger partial charge in [0.15, 0.2) is 5.11 Å². The Hall–Kier alpha value is -1.74. The summed E-state index contributed by atoms with van der Waals surface area (Å²) in [4.78, 5) is 18.9. The number of thiocarbonyl (C=S) groups is 1. The molecule has 1 aliphatic carbocycles. The lowest BCUT2D eigenvalue weighted by atomic mass is 9.91. The highest BCUT2D eigenvalue weighted by molar-refractivity contribution is 14.1. The van der Waals surface area contributed by atoms with Crippen molar-refractivity contribution in [3.8, 4) is 0 Å². The van der Waals surface area contributed by atoms with E-state index in [2.05, 4.69) is 38.2 Å². The van der Waals surface area contributed by atoms with Crippen molar-refractivity contribution < 1.29 is 4.79 Å². The molecule has 0 radical (unpaired) electrons. The second-order valence-corrected chi connectivity index (χ2v) is 8.05. The quantitative estimate of drug-likeness (QED) is 0.400. The molecule has 5 nitrogen and oxygen atoms in total. The molecule has 7 heteroatoms. The molecule has 0 saturated carbocycles. The van der Waals surface area contributed by atoms with Crippen molar-refractivity contribution in [2.45, 2.75) is 16.8 Å². The number of rotatable bonds is 2. The molecule has 2 N–H and O–H groups in total. The molecule has 3 aliphatic rings. The normalized spacial score (nSPS) is 24.6. The molecule has 1 fully saturated rings. The summed E-state index contributed by atoms with van der Waals surface area (Å²) in [6.07, 6.45) is 9.76. The van der Waals surface area contributed by atoms with Crippen LogP contribution in [0.4, 0.5) is 5.82 Å². The SMILES string of the molecule is O=C1C2C=CC=C(NC(=S)Nc3ccccn3)C2=C2C(I)CCCN12. The zero-order valence-corrected chi connectivity index (χ0v) is 16.4. The first kappa shape index (κ1) is 16.7. The monoisotopic (exact) mass is 464 g/mol. The van der Waals surface area contributed by atoms with Crippen molar-refractivity contribution in [2.75, 3.05) is 11.9 Å². The van der Waals surface area contributed by atoms with Crippen LogP contribution in [0, 0.1) is 5.92 Å². The highest BCUT2D eigenvalue weighted by atomic mass is 127. The zero-order chi connectivity index (χ0) is 17.4. The van der Waals surface area contributed by atoms with E-state index in [9.17, 15) is 4.79 Å². The molecule has 0 spiro atoms. The largest absolute Gasteiger partial charge is 0.332 e. The number of piperidine rings is 1. The molecule has 1 aromatic rings. The lowest BCUT2D eigenvalue weighted by Crippen LogP contribution is -2.35. The Morgan fingerprint density at radius 3 is 3.04 bits per heavy atom. The molecule has 1 amide bonds. The van der Waals surface area contributed by atoms with Crippen LogP contribution in [0.5, 0.6) is 0 Å². The first-order valence-corrected chi connectivity index (χ1v) is 9.88. The van der Waals surface area contributed by atoms with Gasteiger partial charge < -0.3 is 15.5 Å². The predicted octanol–water partition coefficient (Wildman–Crippen LogP) is 3.13. The standard InChI is InChI=1S/C18H17IN4OS/c19-12-6-4-10-23-16(12)15-11(17(23)24)5-3-7-13(15)21-18(25)22-14-8-1-2-9-20-14/h1-3,5,7-9,11-12H,4,6,10H2,(H2,20,21,22,25). The molecule has 4 rings (SSSR count). The molecule has 0 bridgehead atoms. The maximum Gasteiger partial charge on any atom is 0.238 e. The van der Waals surface area contributed by atoms with Crippen LogP contribution < -0.4 is 10.6 Å². The summed E-state index contributed by atoms with van der Waals surface area (Å²) in [5.41, 5.74) is 3.11. The number of nitrogens with zero attached hydrogens (tertiary/aromatic N) is 2. The molecule has 3 heterocycles. The number of alkyl halides is 1. The smallest absolute Gasteiger partial charge is 0.238 e. The van der Waals surface area contributed by atoms with Crippen LogP contribution in [0.15, 0.2) is 59.6 Å². The van der Waals surface area contributed by atoms with Gasteiger partial charge in [0, 0.05) is 29.7 Å². The van der Waals surface area contributed by atoms with Crippen LogP contribution in [0.25, 0.3) is 0 Å². The minimum atomic E-state index is -0.199. The number of allylic oxidation sites excluding steroid dienone is 4. The lowest BCUT2D eigenvalue weighted by Gasteiger charge is -2.30. The summed E-state index contributed by atoms with van der Waals surface area (Å²) in [6.45, 7) is 0.811. The van der Waals surface area contributed by atoms with E-state index in [1.54, 1.807) is 6.20 Å². The zero-order valence-electron chi connectivity index (χ0n) is 13.4. The fourth-order valence-electron chi connectivity index (χ4n) is 3.50. The highest BCUT2D eigenvalue weighted by Gasteiger charge is 2.44. The number of aromatic nitrogens is 1. The molecule has 2 unspecified atom stereocenters. The van der Waals surface area contributed by atoms with E-state index in [-0.39, 0.29) is 11.8 Å². The Morgan fingerprint density at radius 1 is 1.36 bits per heavy atom. The van der Waals surface area contributed by atoms with Gasteiger partial charge in [-0.25, -0.2) is 4.98 Å². The number of pyridine rings is 1. The van der Waals surface area contributed by atoms with Gasteiger partial charge in [-0.05, 0) is 43.3 Å². The second-order valence-electron chi connectivity index (χ2n) is 6.14. The van der Waals surface area contributed by atoms with Crippen LogP contribution in [0.2, 0.25) is 0 Å². The maximum absolute atomic E-state index is 12.8. The van der Waals surface area contributed by atoms with Gasteiger partial charge in [0.2, 0.25) is 5.91 Å². The number of halogens is 1. The second kappa shape index (κ2) is 6.87. The highest BCUT2D eigenvalue weighted by Crippen LogP contribution is 2.43. The van der Waals surface area contributed by atoms with E-state index in [1.165, 1.54) is 0 Å². The molecule has 25 heavy (non-hydrogen) atoms. The number of anilines is 1. The fraction of sp³-hybridized carbons (Fsp3) is 0.278. The van der Waals surface area contributed by atoms with Crippen LogP contribution in [0.1, 0.15) is 12.8 Å². The number of fused-ring (bicyclic) bond motifs is 2. The van der Waals surface area contributed by atoms with Crippen LogP contribution in [-0.4, -0.2) is 31.4 Å². The van der Waals surface area contributed by atoms with Crippen molar-refractivity contribution in [1.82, 2.24) is 15.2 Å². The molecule has 2 aliphatic heterocycles. The van der Waals surface area contributed by atoms with Gasteiger partial charge in [0.05, 0.1) is 9.84 Å². The molecule has 1 saturated heterocycles. The topological polar surface area (TPSA) is 57.3 Å². The van der Waals surface area contributed by atoms with Gasteiger partial charge in [0.25, 0.3) is 0 Å². The average molecular weight is 464 g/mol. The van der Waals surface area contributed by atoms with Crippen molar-refractivity contribution >= 4 is 51.6 Å². The van der Waals surface area contributed by atoms with Gasteiger partial charge in [-0.1, -0.05) is 40.8 Å². The molecular weight excluding hydrogens is 447 g/mol. The molecule has 0 aromatic carbocycles. The Labute approximate surface area is 165 Å². The first-order valence-electron chi connectivity index (χ1n) is 8.22. The first-order chi connectivity index (χ1) is 12.1. The number of carbonyl (C=O) groups excluding carboxylic acids is 1.